The van der Waals surface area contributed by atoms with Crippen molar-refractivity contribution in [1.29, 1.82) is 0 Å². The van der Waals surface area contributed by atoms with Crippen LogP contribution in [0.15, 0.2) is 41.5 Å². The summed E-state index contributed by atoms with van der Waals surface area (Å²) in [5.41, 5.74) is 0.784. The van der Waals surface area contributed by atoms with Gasteiger partial charge in [0.15, 0.2) is 0 Å². The number of H-pyrrole nitrogens is 1. The van der Waals surface area contributed by atoms with Crippen molar-refractivity contribution in [3.05, 3.63) is 58.3 Å². The van der Waals surface area contributed by atoms with Crippen LogP contribution in [-0.4, -0.2) is 21.1 Å². The predicted molar refractivity (Wildman–Crippen MR) is 65.0 cm³/mol. The number of nitrogens with one attached hydrogen (secondary N) is 2. The summed E-state index contributed by atoms with van der Waals surface area (Å²) >= 11 is 0. The molecule has 0 saturated heterocycles. The number of aromatic nitrogens is 3. The van der Waals surface area contributed by atoms with Gasteiger partial charge in [0.2, 0.25) is 0 Å². The highest BCUT2D eigenvalue weighted by molar-refractivity contribution is 5.92. The second kappa shape index (κ2) is 5.22. The molecule has 18 heavy (non-hydrogen) atoms. The summed E-state index contributed by atoms with van der Waals surface area (Å²) in [7, 11) is 0. The monoisotopic (exact) mass is 244 g/mol. The molecule has 2 N–H and O–H groups in total. The lowest BCUT2D eigenvalue weighted by molar-refractivity contribution is 0.0933. The molecule has 0 radical (unpaired) electrons. The molecule has 0 fully saturated rings. The fourth-order valence-corrected chi connectivity index (χ4v) is 1.48. The van der Waals surface area contributed by atoms with Crippen LogP contribution in [-0.2, 0) is 0 Å². The lowest BCUT2D eigenvalue weighted by Crippen LogP contribution is -2.28. The molecule has 92 valence electrons. The largest absolute Gasteiger partial charge is 0.344 e. The maximum Gasteiger partial charge on any atom is 0.272 e. The van der Waals surface area contributed by atoms with Gasteiger partial charge >= 0.3 is 0 Å². The molecule has 6 nitrogen and oxygen atoms in total. The molecule has 1 amide bonds. The van der Waals surface area contributed by atoms with E-state index < -0.39 is 0 Å². The zero-order valence-corrected chi connectivity index (χ0v) is 9.75. The van der Waals surface area contributed by atoms with E-state index in [-0.39, 0.29) is 23.2 Å². The summed E-state index contributed by atoms with van der Waals surface area (Å²) in [4.78, 5) is 26.6. The van der Waals surface area contributed by atoms with Crippen molar-refractivity contribution < 1.29 is 4.79 Å². The van der Waals surface area contributed by atoms with E-state index in [4.69, 9.17) is 0 Å². The number of aromatic amines is 1. The molecular weight excluding hydrogens is 232 g/mol. The second-order valence-corrected chi connectivity index (χ2v) is 3.78. The number of pyridine rings is 1. The Labute approximate surface area is 103 Å². The van der Waals surface area contributed by atoms with Crippen molar-refractivity contribution in [2.45, 2.75) is 13.0 Å². The summed E-state index contributed by atoms with van der Waals surface area (Å²) < 4.78 is 0. The Morgan fingerprint density at radius 2 is 2.00 bits per heavy atom. The minimum absolute atomic E-state index is 0.158. The molecule has 0 aliphatic rings. The molecular formula is C12H12N4O2. The summed E-state index contributed by atoms with van der Waals surface area (Å²) in [6, 6.07) is 6.14. The number of nitrogens with zero attached hydrogens (tertiary/aromatic N) is 2. The Hall–Kier alpha value is -2.50. The topological polar surface area (TPSA) is 87.7 Å². The number of hydrogen-bond donors (Lipinski definition) is 2. The van der Waals surface area contributed by atoms with Crippen LogP contribution in [0.4, 0.5) is 0 Å². The fraction of sp³-hybridized carbons (Fsp3) is 0.167. The van der Waals surface area contributed by atoms with Crippen LogP contribution >= 0.6 is 0 Å². The van der Waals surface area contributed by atoms with Crippen LogP contribution in [0, 0.1) is 0 Å². The van der Waals surface area contributed by atoms with Gasteiger partial charge in [-0.15, -0.1) is 0 Å². The highest BCUT2D eigenvalue weighted by Crippen LogP contribution is 2.10. The molecule has 1 unspecified atom stereocenters. The van der Waals surface area contributed by atoms with Gasteiger partial charge in [-0.25, -0.2) is 5.10 Å². The average Bonchev–Trinajstić information content (AvgIpc) is 2.40. The number of carbonyl (C=O) groups is 1. The van der Waals surface area contributed by atoms with E-state index in [1.54, 1.807) is 12.4 Å². The Morgan fingerprint density at radius 1 is 1.28 bits per heavy atom. The summed E-state index contributed by atoms with van der Waals surface area (Å²) in [6.45, 7) is 1.86. The first kappa shape index (κ1) is 12.0. The first-order valence-corrected chi connectivity index (χ1v) is 5.43. The molecule has 2 aromatic rings. The normalized spacial score (nSPS) is 11.8. The molecule has 2 aromatic heterocycles. The third-order valence-corrected chi connectivity index (χ3v) is 2.47. The van der Waals surface area contributed by atoms with Crippen LogP contribution in [0.2, 0.25) is 0 Å². The highest BCUT2D eigenvalue weighted by atomic mass is 16.2. The maximum absolute atomic E-state index is 11.8. The van der Waals surface area contributed by atoms with Gasteiger partial charge in [0, 0.05) is 18.5 Å². The number of hydrogen-bond acceptors (Lipinski definition) is 4. The summed E-state index contributed by atoms with van der Waals surface area (Å²) in [5, 5.41) is 8.66. The molecule has 2 heterocycles. The van der Waals surface area contributed by atoms with Crippen LogP contribution in [0.1, 0.15) is 29.0 Å². The first-order chi connectivity index (χ1) is 8.66. The van der Waals surface area contributed by atoms with Gasteiger partial charge in [-0.3, -0.25) is 14.6 Å². The van der Waals surface area contributed by atoms with Crippen LogP contribution < -0.4 is 10.9 Å². The molecule has 2 rings (SSSR count). The lowest BCUT2D eigenvalue weighted by Gasteiger charge is -2.13. The van der Waals surface area contributed by atoms with Gasteiger partial charge < -0.3 is 5.32 Å². The van der Waals surface area contributed by atoms with Crippen molar-refractivity contribution in [2.24, 2.45) is 0 Å². The molecule has 6 heteroatoms. The quantitative estimate of drug-likeness (QED) is 0.830. The molecule has 0 saturated carbocycles. The van der Waals surface area contributed by atoms with Crippen molar-refractivity contribution in [3.8, 4) is 0 Å². The van der Waals surface area contributed by atoms with E-state index in [9.17, 15) is 9.59 Å². The van der Waals surface area contributed by atoms with Gasteiger partial charge in [0.05, 0.1) is 6.04 Å². The smallest absolute Gasteiger partial charge is 0.272 e. The van der Waals surface area contributed by atoms with E-state index in [1.807, 2.05) is 19.1 Å². The van der Waals surface area contributed by atoms with Crippen LogP contribution in [0.3, 0.4) is 0 Å². The van der Waals surface area contributed by atoms with Crippen molar-refractivity contribution in [3.63, 3.8) is 0 Å². The SMILES string of the molecule is CC(NC(=O)c1ccc(=O)[nH]n1)c1ccncc1. The molecule has 0 bridgehead atoms. The highest BCUT2D eigenvalue weighted by Gasteiger charge is 2.12. The summed E-state index contributed by atoms with van der Waals surface area (Å²) in [6.07, 6.45) is 3.33. The predicted octanol–water partition coefficient (Wildman–Crippen LogP) is 0.656. The van der Waals surface area contributed by atoms with Gasteiger partial charge in [0.1, 0.15) is 5.69 Å². The third-order valence-electron chi connectivity index (χ3n) is 2.47. The summed E-state index contributed by atoms with van der Waals surface area (Å²) in [5.74, 6) is -0.337. The molecule has 0 aromatic carbocycles. The standard InChI is InChI=1S/C12H12N4O2/c1-8(9-4-6-13-7-5-9)14-12(18)10-2-3-11(17)16-15-10/h2-8H,1H3,(H,14,18)(H,16,17). The third kappa shape index (κ3) is 2.79. The van der Waals surface area contributed by atoms with Crippen molar-refractivity contribution >= 4 is 5.91 Å². The Kier molecular flexibility index (Phi) is 3.47. The molecule has 0 spiro atoms. The second-order valence-electron chi connectivity index (χ2n) is 3.78. The zero-order valence-electron chi connectivity index (χ0n) is 9.75. The van der Waals surface area contributed by atoms with E-state index in [2.05, 4.69) is 20.5 Å². The van der Waals surface area contributed by atoms with Gasteiger partial charge in [-0.1, -0.05) is 0 Å². The van der Waals surface area contributed by atoms with Crippen LogP contribution in [0.5, 0.6) is 0 Å². The Morgan fingerprint density at radius 3 is 2.61 bits per heavy atom. The zero-order chi connectivity index (χ0) is 13.0. The Balaban J connectivity index is 2.08. The minimum Gasteiger partial charge on any atom is -0.344 e. The fourth-order valence-electron chi connectivity index (χ4n) is 1.48. The van der Waals surface area contributed by atoms with Crippen molar-refractivity contribution in [1.82, 2.24) is 20.5 Å². The van der Waals surface area contributed by atoms with Crippen molar-refractivity contribution in [2.75, 3.05) is 0 Å². The van der Waals surface area contributed by atoms with Gasteiger partial charge in [0.25, 0.3) is 11.5 Å². The van der Waals surface area contributed by atoms with E-state index in [0.717, 1.165) is 5.56 Å². The van der Waals surface area contributed by atoms with E-state index >= 15 is 0 Å². The van der Waals surface area contributed by atoms with Gasteiger partial charge in [-0.05, 0) is 30.7 Å². The molecule has 1 atom stereocenters. The van der Waals surface area contributed by atoms with E-state index in [0.29, 0.717) is 0 Å². The minimum atomic E-state index is -0.339. The number of rotatable bonds is 3. The number of carbonyl (C=O) groups excluding carboxylic acids is 1. The molecule has 0 aliphatic carbocycles. The average molecular weight is 244 g/mol. The number of amides is 1. The van der Waals surface area contributed by atoms with Crippen LogP contribution in [0.25, 0.3) is 0 Å². The lowest BCUT2D eigenvalue weighted by atomic mass is 10.1. The Bertz CT molecular complexity index is 574. The maximum atomic E-state index is 11.8. The van der Waals surface area contributed by atoms with E-state index in [1.165, 1.54) is 12.1 Å². The molecule has 0 aliphatic heterocycles. The first-order valence-electron chi connectivity index (χ1n) is 5.43. The van der Waals surface area contributed by atoms with Gasteiger partial charge in [-0.2, -0.15) is 5.10 Å².